The first-order chi connectivity index (χ1) is 12.5. The van der Waals surface area contributed by atoms with Crippen LogP contribution in [0.3, 0.4) is 0 Å². The molecule has 0 aliphatic heterocycles. The molecule has 9 nitrogen and oxygen atoms in total. The maximum atomic E-state index is 12.1. The first-order valence-corrected chi connectivity index (χ1v) is 8.73. The molecule has 1 unspecified atom stereocenters. The van der Waals surface area contributed by atoms with Gasteiger partial charge >= 0.3 is 7.12 Å². The van der Waals surface area contributed by atoms with Gasteiger partial charge in [0.2, 0.25) is 5.91 Å². The number of nitrogens with zero attached hydrogens (tertiary/aromatic N) is 4. The molecule has 0 spiro atoms. The SMILES string of the molecule is Cl.NC(CCCCB(O)O)c1nnnn1CC(=O)NCc1ccccc1Cl. The quantitative estimate of drug-likeness (QED) is 0.330. The zero-order chi connectivity index (χ0) is 18.9. The molecule has 1 aromatic heterocycles. The molecule has 1 heterocycles. The van der Waals surface area contributed by atoms with Crippen molar-refractivity contribution in [3.8, 4) is 0 Å². The molecule has 5 N–H and O–H groups in total. The average Bonchev–Trinajstić information content (AvgIpc) is 3.06. The Morgan fingerprint density at radius 1 is 1.33 bits per heavy atom. The van der Waals surface area contributed by atoms with E-state index in [0.717, 1.165) is 5.56 Å². The van der Waals surface area contributed by atoms with E-state index in [1.807, 2.05) is 18.2 Å². The molecule has 148 valence electrons. The summed E-state index contributed by atoms with van der Waals surface area (Å²) in [6.07, 6.45) is 2.20. The second-order valence-corrected chi connectivity index (χ2v) is 6.34. The van der Waals surface area contributed by atoms with Crippen LogP contribution in [0, 0.1) is 0 Å². The van der Waals surface area contributed by atoms with Crippen molar-refractivity contribution in [2.75, 3.05) is 0 Å². The molecule has 0 fully saturated rings. The molecule has 12 heteroatoms. The molecule has 0 aliphatic carbocycles. The van der Waals surface area contributed by atoms with Crippen molar-refractivity contribution in [3.05, 3.63) is 40.7 Å². The van der Waals surface area contributed by atoms with E-state index < -0.39 is 13.2 Å². The molecule has 0 bridgehead atoms. The number of amides is 1. The monoisotopic (exact) mass is 416 g/mol. The lowest BCUT2D eigenvalue weighted by Crippen LogP contribution is -2.29. The molecule has 2 aromatic rings. The van der Waals surface area contributed by atoms with Crippen LogP contribution < -0.4 is 11.1 Å². The second kappa shape index (κ2) is 11.9. The summed E-state index contributed by atoms with van der Waals surface area (Å²) in [6.45, 7) is 0.265. The number of carbonyl (C=O) groups is 1. The zero-order valence-corrected chi connectivity index (χ0v) is 16.2. The van der Waals surface area contributed by atoms with Gasteiger partial charge in [-0.25, -0.2) is 4.68 Å². The van der Waals surface area contributed by atoms with Crippen molar-refractivity contribution in [3.63, 3.8) is 0 Å². The van der Waals surface area contributed by atoms with E-state index in [0.29, 0.717) is 43.0 Å². The topological polar surface area (TPSA) is 139 Å². The standard InChI is InChI=1S/C15H22BClN6O3.ClH/c17-12-6-2-1-5-11(12)9-19-14(24)10-23-15(20-21-22-23)13(18)7-3-4-8-16(25)26;/h1-2,5-6,13,25-26H,3-4,7-10,18H2,(H,19,24);1H. The van der Waals surface area contributed by atoms with Gasteiger partial charge in [-0.2, -0.15) is 0 Å². The van der Waals surface area contributed by atoms with Crippen LogP contribution in [0.1, 0.15) is 36.7 Å². The lowest BCUT2D eigenvalue weighted by atomic mass is 9.83. The molecule has 0 saturated heterocycles. The van der Waals surface area contributed by atoms with Crippen molar-refractivity contribution < 1.29 is 14.8 Å². The van der Waals surface area contributed by atoms with Gasteiger partial charge in [0, 0.05) is 11.6 Å². The van der Waals surface area contributed by atoms with Crippen LogP contribution in [0.15, 0.2) is 24.3 Å². The van der Waals surface area contributed by atoms with Crippen LogP contribution in [-0.2, 0) is 17.9 Å². The normalized spacial score (nSPS) is 11.6. The van der Waals surface area contributed by atoms with Crippen molar-refractivity contribution in [2.45, 2.75) is 44.7 Å². The highest BCUT2D eigenvalue weighted by Gasteiger charge is 2.17. The van der Waals surface area contributed by atoms with Gasteiger partial charge in [-0.15, -0.1) is 17.5 Å². The highest BCUT2D eigenvalue weighted by molar-refractivity contribution is 6.40. The van der Waals surface area contributed by atoms with Gasteiger partial charge in [0.15, 0.2) is 5.82 Å². The van der Waals surface area contributed by atoms with Gasteiger partial charge in [-0.3, -0.25) is 4.79 Å². The van der Waals surface area contributed by atoms with E-state index in [1.54, 1.807) is 6.07 Å². The summed E-state index contributed by atoms with van der Waals surface area (Å²) < 4.78 is 1.37. The Hall–Kier alpha value is -1.72. The molecule has 2 rings (SSSR count). The van der Waals surface area contributed by atoms with Gasteiger partial charge in [-0.05, 0) is 34.8 Å². The molecular weight excluding hydrogens is 394 g/mol. The molecule has 0 aliphatic rings. The van der Waals surface area contributed by atoms with Gasteiger partial charge in [0.05, 0.1) is 6.04 Å². The highest BCUT2D eigenvalue weighted by Crippen LogP contribution is 2.16. The van der Waals surface area contributed by atoms with Crippen molar-refractivity contribution in [1.29, 1.82) is 0 Å². The Morgan fingerprint density at radius 2 is 2.07 bits per heavy atom. The number of hydrogen-bond donors (Lipinski definition) is 4. The highest BCUT2D eigenvalue weighted by atomic mass is 35.5. The molecule has 1 aromatic carbocycles. The lowest BCUT2D eigenvalue weighted by molar-refractivity contribution is -0.122. The fraction of sp³-hybridized carbons (Fsp3) is 0.467. The van der Waals surface area contributed by atoms with Crippen LogP contribution in [0.5, 0.6) is 0 Å². The number of rotatable bonds is 10. The summed E-state index contributed by atoms with van der Waals surface area (Å²) in [5, 5.41) is 32.3. The predicted octanol–water partition coefficient (Wildman–Crippen LogP) is 0.708. The average molecular weight is 417 g/mol. The first kappa shape index (κ1) is 23.3. The van der Waals surface area contributed by atoms with Crippen molar-refractivity contribution >= 4 is 37.0 Å². The molecule has 0 radical (unpaired) electrons. The number of nitrogens with one attached hydrogen (secondary N) is 1. The minimum atomic E-state index is -1.31. The summed E-state index contributed by atoms with van der Waals surface area (Å²) in [6, 6.07) is 6.84. The Kier molecular flexibility index (Phi) is 10.3. The Balaban J connectivity index is 0.00000364. The maximum Gasteiger partial charge on any atom is 0.451 e. The van der Waals surface area contributed by atoms with E-state index >= 15 is 0 Å². The number of tetrazole rings is 1. The van der Waals surface area contributed by atoms with Crippen LogP contribution >= 0.6 is 24.0 Å². The minimum absolute atomic E-state index is 0. The Bertz CT molecular complexity index is 718. The number of hydrogen-bond acceptors (Lipinski definition) is 7. The summed E-state index contributed by atoms with van der Waals surface area (Å²) >= 11 is 6.06. The van der Waals surface area contributed by atoms with Crippen molar-refractivity contribution in [2.24, 2.45) is 5.73 Å². The third-order valence-electron chi connectivity index (χ3n) is 3.85. The number of halogens is 2. The summed E-state index contributed by atoms with van der Waals surface area (Å²) in [7, 11) is -1.31. The van der Waals surface area contributed by atoms with E-state index in [9.17, 15) is 4.79 Å². The first-order valence-electron chi connectivity index (χ1n) is 8.35. The Morgan fingerprint density at radius 3 is 2.78 bits per heavy atom. The van der Waals surface area contributed by atoms with Gasteiger partial charge < -0.3 is 21.1 Å². The maximum absolute atomic E-state index is 12.1. The van der Waals surface area contributed by atoms with E-state index in [4.69, 9.17) is 27.4 Å². The smallest absolute Gasteiger partial charge is 0.427 e. The van der Waals surface area contributed by atoms with E-state index in [2.05, 4.69) is 20.8 Å². The fourth-order valence-corrected chi connectivity index (χ4v) is 2.64. The molecule has 1 atom stereocenters. The lowest BCUT2D eigenvalue weighted by Gasteiger charge is -2.12. The molecule has 1 amide bonds. The number of nitrogens with two attached hydrogens (primary N) is 1. The number of carbonyl (C=O) groups excluding carboxylic acids is 1. The Labute approximate surface area is 168 Å². The molecular formula is C15H23BCl2N6O3. The van der Waals surface area contributed by atoms with Crippen LogP contribution in [0.2, 0.25) is 11.3 Å². The van der Waals surface area contributed by atoms with Crippen LogP contribution in [0.25, 0.3) is 0 Å². The van der Waals surface area contributed by atoms with Crippen molar-refractivity contribution in [1.82, 2.24) is 25.5 Å². The van der Waals surface area contributed by atoms with Gasteiger partial charge in [0.1, 0.15) is 6.54 Å². The van der Waals surface area contributed by atoms with E-state index in [-0.39, 0.29) is 24.9 Å². The number of aromatic nitrogens is 4. The third kappa shape index (κ3) is 7.81. The molecule has 0 saturated carbocycles. The van der Waals surface area contributed by atoms with Gasteiger partial charge in [-0.1, -0.05) is 42.6 Å². The van der Waals surface area contributed by atoms with Crippen LogP contribution in [0.4, 0.5) is 0 Å². The number of benzene rings is 1. The summed E-state index contributed by atoms with van der Waals surface area (Å²) in [5.74, 6) is 0.163. The number of unbranched alkanes of at least 4 members (excludes halogenated alkanes) is 1. The molecule has 27 heavy (non-hydrogen) atoms. The zero-order valence-electron chi connectivity index (χ0n) is 14.7. The largest absolute Gasteiger partial charge is 0.451 e. The van der Waals surface area contributed by atoms with E-state index in [1.165, 1.54) is 4.68 Å². The van der Waals surface area contributed by atoms with Crippen LogP contribution in [-0.4, -0.2) is 43.3 Å². The fourth-order valence-electron chi connectivity index (χ4n) is 2.44. The predicted molar refractivity (Wildman–Crippen MR) is 104 cm³/mol. The minimum Gasteiger partial charge on any atom is -0.427 e. The van der Waals surface area contributed by atoms with Gasteiger partial charge in [0.25, 0.3) is 0 Å². The third-order valence-corrected chi connectivity index (χ3v) is 4.21. The second-order valence-electron chi connectivity index (χ2n) is 5.93. The summed E-state index contributed by atoms with van der Waals surface area (Å²) in [4.78, 5) is 12.1. The summed E-state index contributed by atoms with van der Waals surface area (Å²) in [5.41, 5.74) is 6.90.